The van der Waals surface area contributed by atoms with Crippen molar-refractivity contribution in [3.63, 3.8) is 0 Å². The molecule has 0 heterocycles. The van der Waals surface area contributed by atoms with E-state index in [2.05, 4.69) is 10.1 Å². The van der Waals surface area contributed by atoms with Gasteiger partial charge in [0, 0.05) is 5.70 Å². The third-order valence-electron chi connectivity index (χ3n) is 1.71. The average Bonchev–Trinajstić information content (AvgIpc) is 2.28. The SMILES string of the molecule is CCOC(=O)CN/C(C)=C(\C#N)C(=O)NC=O. The predicted molar refractivity (Wildman–Crippen MR) is 57.2 cm³/mol. The van der Waals surface area contributed by atoms with Crippen molar-refractivity contribution >= 4 is 18.3 Å². The zero-order valence-corrected chi connectivity index (χ0v) is 9.57. The van der Waals surface area contributed by atoms with Crippen molar-refractivity contribution in [2.24, 2.45) is 0 Å². The molecule has 0 unspecified atom stereocenters. The molecule has 0 aliphatic carbocycles. The molecule has 7 nitrogen and oxygen atoms in total. The first-order valence-electron chi connectivity index (χ1n) is 4.81. The summed E-state index contributed by atoms with van der Waals surface area (Å²) in [6.45, 7) is 3.21. The Bertz CT molecular complexity index is 382. The number of nitrogens with one attached hydrogen (secondary N) is 2. The highest BCUT2D eigenvalue weighted by Crippen LogP contribution is 1.99. The summed E-state index contributed by atoms with van der Waals surface area (Å²) in [5, 5.41) is 13.1. The maximum absolute atomic E-state index is 11.2. The molecule has 0 aromatic heterocycles. The lowest BCUT2D eigenvalue weighted by atomic mass is 10.2. The minimum Gasteiger partial charge on any atom is -0.465 e. The summed E-state index contributed by atoms with van der Waals surface area (Å²) in [5.74, 6) is -1.32. The standard InChI is InChI=1S/C10H13N3O4/c1-3-17-9(15)5-12-7(2)8(4-11)10(16)13-6-14/h6,12H,3,5H2,1-2H3,(H,13,14,16)/b8-7+. The fraction of sp³-hybridized carbons (Fsp3) is 0.400. The highest BCUT2D eigenvalue weighted by molar-refractivity contribution is 6.02. The average molecular weight is 239 g/mol. The van der Waals surface area contributed by atoms with Crippen molar-refractivity contribution in [2.75, 3.05) is 13.2 Å². The second kappa shape index (κ2) is 7.87. The maximum atomic E-state index is 11.2. The third kappa shape index (κ3) is 5.32. The van der Waals surface area contributed by atoms with Crippen molar-refractivity contribution in [1.29, 1.82) is 5.26 Å². The number of carbonyl (C=O) groups is 3. The number of hydrogen-bond donors (Lipinski definition) is 2. The zero-order chi connectivity index (χ0) is 13.3. The van der Waals surface area contributed by atoms with Gasteiger partial charge in [-0.05, 0) is 13.8 Å². The maximum Gasteiger partial charge on any atom is 0.325 e. The Hall–Kier alpha value is -2.36. The Morgan fingerprint density at radius 3 is 2.59 bits per heavy atom. The molecule has 2 N–H and O–H groups in total. The summed E-state index contributed by atoms with van der Waals surface area (Å²) >= 11 is 0. The van der Waals surface area contributed by atoms with Crippen LogP contribution in [0.2, 0.25) is 0 Å². The fourth-order valence-corrected chi connectivity index (χ4v) is 0.936. The van der Waals surface area contributed by atoms with Gasteiger partial charge in [-0.3, -0.25) is 19.7 Å². The minimum atomic E-state index is -0.823. The predicted octanol–water partition coefficient (Wildman–Crippen LogP) is -0.791. The van der Waals surface area contributed by atoms with Crippen LogP contribution in [0, 0.1) is 11.3 Å². The number of nitriles is 1. The summed E-state index contributed by atoms with van der Waals surface area (Å²) in [6.07, 6.45) is 0.179. The van der Waals surface area contributed by atoms with Gasteiger partial charge in [0.25, 0.3) is 5.91 Å². The molecular formula is C10H13N3O4. The fourth-order valence-electron chi connectivity index (χ4n) is 0.936. The van der Waals surface area contributed by atoms with E-state index in [0.717, 1.165) is 0 Å². The molecule has 0 aliphatic rings. The molecule has 0 atom stereocenters. The van der Waals surface area contributed by atoms with Crippen molar-refractivity contribution in [2.45, 2.75) is 13.8 Å². The molecule has 2 amide bonds. The van der Waals surface area contributed by atoms with Crippen molar-refractivity contribution in [1.82, 2.24) is 10.6 Å². The van der Waals surface area contributed by atoms with Crippen molar-refractivity contribution in [3.8, 4) is 6.07 Å². The highest BCUT2D eigenvalue weighted by Gasteiger charge is 2.12. The van der Waals surface area contributed by atoms with Crippen LogP contribution in [0.3, 0.4) is 0 Å². The number of ether oxygens (including phenoxy) is 1. The molecule has 0 saturated carbocycles. The van der Waals surface area contributed by atoms with E-state index in [-0.39, 0.29) is 30.8 Å². The molecule has 0 fully saturated rings. The first kappa shape index (κ1) is 14.6. The van der Waals surface area contributed by atoms with Gasteiger partial charge in [0.05, 0.1) is 6.61 Å². The lowest BCUT2D eigenvalue weighted by molar-refractivity contribution is -0.141. The van der Waals surface area contributed by atoms with E-state index in [4.69, 9.17) is 5.26 Å². The second-order valence-electron chi connectivity index (χ2n) is 2.86. The molecule has 0 aliphatic heterocycles. The minimum absolute atomic E-state index is 0.154. The van der Waals surface area contributed by atoms with Crippen molar-refractivity contribution < 1.29 is 19.1 Å². The highest BCUT2D eigenvalue weighted by atomic mass is 16.5. The van der Waals surface area contributed by atoms with Crippen LogP contribution >= 0.6 is 0 Å². The number of rotatable bonds is 6. The molecule has 0 saturated heterocycles. The monoisotopic (exact) mass is 239 g/mol. The largest absolute Gasteiger partial charge is 0.465 e. The van der Waals surface area contributed by atoms with E-state index in [0.29, 0.717) is 0 Å². The Morgan fingerprint density at radius 2 is 2.12 bits per heavy atom. The van der Waals surface area contributed by atoms with Crippen LogP contribution in [0.25, 0.3) is 0 Å². The summed E-state index contributed by atoms with van der Waals surface area (Å²) in [7, 11) is 0. The van der Waals surface area contributed by atoms with Gasteiger partial charge in [-0.2, -0.15) is 5.26 Å². The van der Waals surface area contributed by atoms with Crippen LogP contribution in [0.5, 0.6) is 0 Å². The van der Waals surface area contributed by atoms with Gasteiger partial charge in [-0.1, -0.05) is 0 Å². The van der Waals surface area contributed by atoms with Gasteiger partial charge >= 0.3 is 5.97 Å². The first-order chi connectivity index (χ1) is 8.06. The smallest absolute Gasteiger partial charge is 0.325 e. The molecular weight excluding hydrogens is 226 g/mol. The summed E-state index contributed by atoms with van der Waals surface area (Å²) in [6, 6.07) is 1.64. The summed E-state index contributed by atoms with van der Waals surface area (Å²) < 4.78 is 4.65. The van der Waals surface area contributed by atoms with Crippen LogP contribution in [0.15, 0.2) is 11.3 Å². The van der Waals surface area contributed by atoms with Crippen molar-refractivity contribution in [3.05, 3.63) is 11.3 Å². The third-order valence-corrected chi connectivity index (χ3v) is 1.71. The van der Waals surface area contributed by atoms with Gasteiger partial charge in [0.1, 0.15) is 18.2 Å². The Morgan fingerprint density at radius 1 is 1.47 bits per heavy atom. The van der Waals surface area contributed by atoms with Gasteiger partial charge in [-0.15, -0.1) is 0 Å². The van der Waals surface area contributed by atoms with E-state index in [9.17, 15) is 14.4 Å². The molecule has 0 radical (unpaired) electrons. The number of carbonyl (C=O) groups excluding carboxylic acids is 3. The van der Waals surface area contributed by atoms with Gasteiger partial charge in [-0.25, -0.2) is 0 Å². The van der Waals surface area contributed by atoms with Crippen LogP contribution in [0.4, 0.5) is 0 Å². The van der Waals surface area contributed by atoms with Crippen LogP contribution in [0.1, 0.15) is 13.8 Å². The number of esters is 1. The normalized spacial score (nSPS) is 10.6. The molecule has 17 heavy (non-hydrogen) atoms. The molecule has 0 bridgehead atoms. The summed E-state index contributed by atoms with van der Waals surface area (Å²) in [4.78, 5) is 32.3. The molecule has 0 spiro atoms. The topological polar surface area (TPSA) is 108 Å². The molecule has 92 valence electrons. The van der Waals surface area contributed by atoms with E-state index < -0.39 is 11.9 Å². The van der Waals surface area contributed by atoms with Gasteiger partial charge < -0.3 is 10.1 Å². The van der Waals surface area contributed by atoms with Gasteiger partial charge in [0.2, 0.25) is 6.41 Å². The van der Waals surface area contributed by atoms with E-state index in [1.807, 2.05) is 5.32 Å². The summed E-state index contributed by atoms with van der Waals surface area (Å²) in [5.41, 5.74) is -0.0682. The van der Waals surface area contributed by atoms with Crippen LogP contribution in [-0.2, 0) is 19.1 Å². The zero-order valence-electron chi connectivity index (χ0n) is 9.57. The van der Waals surface area contributed by atoms with E-state index in [1.54, 1.807) is 13.0 Å². The van der Waals surface area contributed by atoms with Crippen LogP contribution in [-0.4, -0.2) is 31.4 Å². The number of nitrogens with zero attached hydrogens (tertiary/aromatic N) is 1. The number of hydrogen-bond acceptors (Lipinski definition) is 6. The Kier molecular flexibility index (Phi) is 6.78. The second-order valence-corrected chi connectivity index (χ2v) is 2.86. The van der Waals surface area contributed by atoms with Crippen LogP contribution < -0.4 is 10.6 Å². The molecule has 0 rings (SSSR count). The molecule has 7 heteroatoms. The quantitative estimate of drug-likeness (QED) is 0.272. The number of amides is 2. The molecule has 0 aromatic carbocycles. The van der Waals surface area contributed by atoms with Gasteiger partial charge in [0.15, 0.2) is 0 Å². The Balaban J connectivity index is 4.55. The van der Waals surface area contributed by atoms with E-state index in [1.165, 1.54) is 6.92 Å². The molecule has 0 aromatic rings. The first-order valence-corrected chi connectivity index (χ1v) is 4.81. The number of allylic oxidation sites excluding steroid dienone is 1. The lowest BCUT2D eigenvalue weighted by Crippen LogP contribution is -2.29. The lowest BCUT2D eigenvalue weighted by Gasteiger charge is -2.07. The van der Waals surface area contributed by atoms with E-state index >= 15 is 0 Å². The number of imide groups is 1. The Labute approximate surface area is 98.4 Å².